The summed E-state index contributed by atoms with van der Waals surface area (Å²) < 4.78 is 31.7. The predicted molar refractivity (Wildman–Crippen MR) is 168 cm³/mol. The van der Waals surface area contributed by atoms with Crippen molar-refractivity contribution in [3.8, 4) is 38.0 Å². The first-order chi connectivity index (χ1) is 20.2. The third kappa shape index (κ3) is 6.10. The van der Waals surface area contributed by atoms with Gasteiger partial charge in [-0.15, -0.1) is 11.3 Å². The molecule has 212 valence electrons. The second-order valence-electron chi connectivity index (χ2n) is 10.1. The van der Waals surface area contributed by atoms with Gasteiger partial charge in [-0.2, -0.15) is 5.10 Å². The molecule has 7 nitrogen and oxygen atoms in total. The van der Waals surface area contributed by atoms with Crippen molar-refractivity contribution in [2.24, 2.45) is 0 Å². The van der Waals surface area contributed by atoms with Crippen molar-refractivity contribution in [1.29, 1.82) is 0 Å². The van der Waals surface area contributed by atoms with Crippen LogP contribution < -0.4 is 0 Å². The number of para-hydroxylation sites is 1. The first kappa shape index (κ1) is 28.1. The third-order valence-electron chi connectivity index (χ3n) is 6.73. The highest BCUT2D eigenvalue weighted by atomic mass is 35.5. The average Bonchev–Trinajstić information content (AvgIpc) is 3.74. The third-order valence-corrected chi connectivity index (χ3v) is 9.31. The molecular weight excluding hydrogens is 588 g/mol. The fourth-order valence-electron chi connectivity index (χ4n) is 4.73. The lowest BCUT2D eigenvalue weighted by Gasteiger charge is -2.12. The summed E-state index contributed by atoms with van der Waals surface area (Å²) in [4.78, 5) is 4.37. The zero-order valence-electron chi connectivity index (χ0n) is 22.9. The lowest BCUT2D eigenvalue weighted by atomic mass is 10.1. The molecule has 0 N–H and O–H groups in total. The molecule has 0 spiro atoms. The Morgan fingerprint density at radius 3 is 2.33 bits per heavy atom. The van der Waals surface area contributed by atoms with Crippen LogP contribution in [0.15, 0.2) is 113 Å². The number of nitrogens with zero attached hydrogens (tertiary/aromatic N) is 4. The Bertz CT molecular complexity index is 1960. The predicted octanol–water partition coefficient (Wildman–Crippen LogP) is 7.61. The summed E-state index contributed by atoms with van der Waals surface area (Å²) in [6.45, 7) is 1.16. The van der Waals surface area contributed by atoms with E-state index in [9.17, 15) is 8.42 Å². The molecule has 6 aromatic rings. The van der Waals surface area contributed by atoms with Gasteiger partial charge < -0.3 is 4.52 Å². The smallest absolute Gasteiger partial charge is 0.175 e. The molecule has 0 amide bonds. The molecule has 10 heteroatoms. The van der Waals surface area contributed by atoms with E-state index in [2.05, 4.69) is 16.1 Å². The highest BCUT2D eigenvalue weighted by molar-refractivity contribution is 7.90. The second kappa shape index (κ2) is 11.7. The van der Waals surface area contributed by atoms with Crippen LogP contribution in [0.3, 0.4) is 0 Å². The van der Waals surface area contributed by atoms with Crippen molar-refractivity contribution in [2.45, 2.75) is 18.0 Å². The first-order valence-electron chi connectivity index (χ1n) is 13.2. The van der Waals surface area contributed by atoms with E-state index in [1.165, 1.54) is 6.26 Å². The molecule has 0 radical (unpaired) electrons. The van der Waals surface area contributed by atoms with E-state index in [4.69, 9.17) is 21.2 Å². The summed E-state index contributed by atoms with van der Waals surface area (Å²) in [7, 11) is -1.29. The Kier molecular flexibility index (Phi) is 7.83. The van der Waals surface area contributed by atoms with Gasteiger partial charge >= 0.3 is 0 Å². The Balaban J connectivity index is 1.29. The second-order valence-corrected chi connectivity index (χ2v) is 13.6. The monoisotopic (exact) mass is 614 g/mol. The lowest BCUT2D eigenvalue weighted by molar-refractivity contribution is 0.300. The normalized spacial score (nSPS) is 11.8. The minimum absolute atomic E-state index is 0.296. The molecule has 0 bridgehead atoms. The van der Waals surface area contributed by atoms with Crippen LogP contribution in [0.5, 0.6) is 0 Å². The van der Waals surface area contributed by atoms with Gasteiger partial charge in [0.1, 0.15) is 0 Å². The van der Waals surface area contributed by atoms with Gasteiger partial charge in [0.15, 0.2) is 15.6 Å². The topological polar surface area (TPSA) is 81.2 Å². The van der Waals surface area contributed by atoms with E-state index in [1.807, 2.05) is 90.6 Å². The molecule has 3 aromatic carbocycles. The largest absolute Gasteiger partial charge is 0.356 e. The van der Waals surface area contributed by atoms with Crippen molar-refractivity contribution < 1.29 is 12.9 Å². The summed E-state index contributed by atoms with van der Waals surface area (Å²) >= 11 is 8.19. The molecule has 0 fully saturated rings. The van der Waals surface area contributed by atoms with Crippen molar-refractivity contribution in [3.63, 3.8) is 0 Å². The zero-order chi connectivity index (χ0) is 29.3. The number of hydrogen-bond acceptors (Lipinski definition) is 7. The maximum absolute atomic E-state index is 12.1. The van der Waals surface area contributed by atoms with Gasteiger partial charge in [0.25, 0.3) is 0 Å². The quantitative estimate of drug-likeness (QED) is 0.167. The summed E-state index contributed by atoms with van der Waals surface area (Å²) in [5.74, 6) is 0.736. The minimum atomic E-state index is -3.31. The number of rotatable bonds is 9. The van der Waals surface area contributed by atoms with Crippen LogP contribution >= 0.6 is 22.9 Å². The van der Waals surface area contributed by atoms with Gasteiger partial charge in [0.2, 0.25) is 0 Å². The molecule has 0 aliphatic rings. The molecule has 6 rings (SSSR count). The van der Waals surface area contributed by atoms with Crippen molar-refractivity contribution in [2.75, 3.05) is 13.3 Å². The van der Waals surface area contributed by atoms with Crippen LogP contribution in [-0.2, 0) is 22.9 Å². The average molecular weight is 615 g/mol. The van der Waals surface area contributed by atoms with Gasteiger partial charge in [-0.25, -0.2) is 13.1 Å². The Morgan fingerprint density at radius 1 is 0.833 bits per heavy atom. The molecule has 0 saturated heterocycles. The van der Waals surface area contributed by atoms with E-state index in [1.54, 1.807) is 29.5 Å². The van der Waals surface area contributed by atoms with Gasteiger partial charge in [-0.3, -0.25) is 4.90 Å². The highest BCUT2D eigenvalue weighted by Crippen LogP contribution is 2.37. The summed E-state index contributed by atoms with van der Waals surface area (Å²) in [6, 6.07) is 32.6. The van der Waals surface area contributed by atoms with E-state index in [0.29, 0.717) is 23.0 Å². The van der Waals surface area contributed by atoms with Crippen LogP contribution in [0, 0.1) is 0 Å². The van der Waals surface area contributed by atoms with Gasteiger partial charge in [0, 0.05) is 35.9 Å². The summed E-state index contributed by atoms with van der Waals surface area (Å²) in [5.41, 5.74) is 5.21. The number of halogens is 1. The van der Waals surface area contributed by atoms with E-state index in [0.717, 1.165) is 49.4 Å². The van der Waals surface area contributed by atoms with Crippen LogP contribution in [0.1, 0.15) is 11.4 Å². The summed E-state index contributed by atoms with van der Waals surface area (Å²) in [5, 5.41) is 9.81. The number of benzene rings is 3. The van der Waals surface area contributed by atoms with Crippen LogP contribution in [0.4, 0.5) is 0 Å². The standard InChI is InChI=1S/C32H27ClN4O3S2/c1-36(21-25-19-30(40-35-25)22-9-4-3-5-10-22)20-24-18-29(37(34-24)28-14-7-6-13-27(28)33)32-16-15-31(41-32)23-11-8-12-26(17-23)42(2,38)39/h3-19H,20-21H2,1-2H3. The van der Waals surface area contributed by atoms with Crippen molar-refractivity contribution >= 4 is 32.8 Å². The van der Waals surface area contributed by atoms with Gasteiger partial charge in [-0.1, -0.05) is 71.4 Å². The lowest BCUT2D eigenvalue weighted by Crippen LogP contribution is -2.17. The minimum Gasteiger partial charge on any atom is -0.356 e. The molecule has 3 heterocycles. The molecular formula is C32H27ClN4O3S2. The van der Waals surface area contributed by atoms with Crippen LogP contribution in [0.25, 0.3) is 38.0 Å². The van der Waals surface area contributed by atoms with Crippen molar-refractivity contribution in [1.82, 2.24) is 19.8 Å². The van der Waals surface area contributed by atoms with E-state index in [-0.39, 0.29) is 0 Å². The number of sulfone groups is 1. The Labute approximate surface area is 253 Å². The van der Waals surface area contributed by atoms with E-state index >= 15 is 0 Å². The van der Waals surface area contributed by atoms with Crippen LogP contribution in [-0.4, -0.2) is 41.6 Å². The van der Waals surface area contributed by atoms with Crippen molar-refractivity contribution in [3.05, 3.63) is 120 Å². The number of thiophene rings is 1. The van der Waals surface area contributed by atoms with Crippen LogP contribution in [0.2, 0.25) is 5.02 Å². The first-order valence-corrected chi connectivity index (χ1v) is 16.3. The maximum atomic E-state index is 12.1. The highest BCUT2D eigenvalue weighted by Gasteiger charge is 2.18. The fourth-order valence-corrected chi connectivity index (χ4v) is 6.62. The maximum Gasteiger partial charge on any atom is 0.175 e. The molecule has 0 unspecified atom stereocenters. The van der Waals surface area contributed by atoms with E-state index < -0.39 is 9.84 Å². The Morgan fingerprint density at radius 2 is 1.55 bits per heavy atom. The molecule has 0 saturated carbocycles. The zero-order valence-corrected chi connectivity index (χ0v) is 25.3. The molecule has 42 heavy (non-hydrogen) atoms. The number of aromatic nitrogens is 3. The van der Waals surface area contributed by atoms with Gasteiger partial charge in [0.05, 0.1) is 37.6 Å². The molecule has 0 aliphatic carbocycles. The molecule has 3 aromatic heterocycles. The number of hydrogen-bond donors (Lipinski definition) is 0. The molecule has 0 aliphatic heterocycles. The van der Waals surface area contributed by atoms with Gasteiger partial charge in [-0.05, 0) is 55.1 Å². The molecule has 0 atom stereocenters. The SMILES string of the molecule is CN(Cc1cc(-c2ccccc2)on1)Cc1cc(-c2ccc(-c3cccc(S(C)(=O)=O)c3)s2)n(-c2ccccc2Cl)n1. The Hall–Kier alpha value is -4.02. The summed E-state index contributed by atoms with van der Waals surface area (Å²) in [6.07, 6.45) is 1.22. The fraction of sp³-hybridized carbons (Fsp3) is 0.125.